The van der Waals surface area contributed by atoms with Crippen molar-refractivity contribution < 1.29 is 14.2 Å². The van der Waals surface area contributed by atoms with Gasteiger partial charge in [0.1, 0.15) is 0 Å². The average molecular weight is 309 g/mol. The molecule has 0 bridgehead atoms. The normalized spacial score (nSPS) is 12.4. The van der Waals surface area contributed by atoms with E-state index in [4.69, 9.17) is 14.2 Å². The first-order valence-electron chi connectivity index (χ1n) is 7.38. The van der Waals surface area contributed by atoms with Crippen molar-refractivity contribution in [3.63, 3.8) is 0 Å². The highest BCUT2D eigenvalue weighted by atomic mass is 16.7. The van der Waals surface area contributed by atoms with Gasteiger partial charge in [0.05, 0.1) is 18.0 Å². The molecule has 0 saturated heterocycles. The van der Waals surface area contributed by atoms with Gasteiger partial charge in [-0.3, -0.25) is 4.98 Å². The van der Waals surface area contributed by atoms with Crippen molar-refractivity contribution in [2.24, 2.45) is 0 Å². The van der Waals surface area contributed by atoms with Crippen LogP contribution in [0.3, 0.4) is 0 Å². The molecule has 0 amide bonds. The number of ether oxygens (including phenoxy) is 3. The second kappa shape index (κ2) is 5.64. The third kappa shape index (κ3) is 2.48. The molecule has 0 N–H and O–H groups in total. The van der Waals surface area contributed by atoms with Crippen molar-refractivity contribution in [3.8, 4) is 34.3 Å². The number of benzene rings is 1. The zero-order valence-corrected chi connectivity index (χ0v) is 12.6. The van der Waals surface area contributed by atoms with Gasteiger partial charge in [0.15, 0.2) is 11.5 Å². The fraction of sp³-hybridized carbons (Fsp3) is 0.176. The lowest BCUT2D eigenvalue weighted by Crippen LogP contribution is -2.02. The Labute approximate surface area is 133 Å². The minimum absolute atomic E-state index is 0.247. The van der Waals surface area contributed by atoms with E-state index in [9.17, 15) is 0 Å². The summed E-state index contributed by atoms with van der Waals surface area (Å²) in [6.07, 6.45) is 3.52. The molecule has 1 aliphatic rings. The van der Waals surface area contributed by atoms with E-state index in [1.54, 1.807) is 17.1 Å². The molecule has 0 atom stereocenters. The standard InChI is InChI=1S/C17H15N3O3/c1-2-21-17-9-14(12-4-3-7-18-10-12)19-20(17)13-5-6-15-16(8-13)23-11-22-15/h3-10H,2,11H2,1H3. The molecule has 2 aromatic heterocycles. The lowest BCUT2D eigenvalue weighted by atomic mass is 10.2. The van der Waals surface area contributed by atoms with Gasteiger partial charge < -0.3 is 14.2 Å². The van der Waals surface area contributed by atoms with Crippen LogP contribution in [0, 0.1) is 0 Å². The highest BCUT2D eigenvalue weighted by molar-refractivity contribution is 5.60. The SMILES string of the molecule is CCOc1cc(-c2cccnc2)nn1-c1ccc2c(c1)OCO2. The molecular weight excluding hydrogens is 294 g/mol. The van der Waals surface area contributed by atoms with Crippen LogP contribution in [0.25, 0.3) is 16.9 Å². The molecule has 0 aliphatic carbocycles. The van der Waals surface area contributed by atoms with E-state index >= 15 is 0 Å². The molecule has 1 aromatic carbocycles. The molecule has 3 heterocycles. The van der Waals surface area contributed by atoms with E-state index in [2.05, 4.69) is 10.1 Å². The lowest BCUT2D eigenvalue weighted by molar-refractivity contribution is 0.174. The molecule has 116 valence electrons. The Morgan fingerprint density at radius 1 is 1.17 bits per heavy atom. The minimum Gasteiger partial charge on any atom is -0.478 e. The zero-order chi connectivity index (χ0) is 15.6. The van der Waals surface area contributed by atoms with Crippen LogP contribution in [0.4, 0.5) is 0 Å². The van der Waals surface area contributed by atoms with E-state index in [-0.39, 0.29) is 6.79 Å². The zero-order valence-electron chi connectivity index (χ0n) is 12.6. The van der Waals surface area contributed by atoms with Gasteiger partial charge in [0.2, 0.25) is 12.7 Å². The maximum atomic E-state index is 5.72. The molecule has 3 aromatic rings. The Balaban J connectivity index is 1.79. The predicted molar refractivity (Wildman–Crippen MR) is 84.1 cm³/mol. The Morgan fingerprint density at radius 2 is 2.09 bits per heavy atom. The minimum atomic E-state index is 0.247. The van der Waals surface area contributed by atoms with E-state index in [1.807, 2.05) is 43.3 Å². The highest BCUT2D eigenvalue weighted by Crippen LogP contribution is 2.35. The molecule has 6 nitrogen and oxygen atoms in total. The average Bonchev–Trinajstić information content (AvgIpc) is 3.22. The number of aromatic nitrogens is 3. The molecule has 0 spiro atoms. The molecule has 6 heteroatoms. The van der Waals surface area contributed by atoms with Gasteiger partial charge in [-0.15, -0.1) is 0 Å². The first kappa shape index (κ1) is 13.6. The number of hydrogen-bond acceptors (Lipinski definition) is 5. The Kier molecular flexibility index (Phi) is 3.34. The Bertz CT molecular complexity index is 830. The monoisotopic (exact) mass is 309 g/mol. The van der Waals surface area contributed by atoms with Crippen molar-refractivity contribution in [3.05, 3.63) is 48.8 Å². The summed E-state index contributed by atoms with van der Waals surface area (Å²) in [5, 5.41) is 4.65. The summed E-state index contributed by atoms with van der Waals surface area (Å²) in [6.45, 7) is 2.75. The summed E-state index contributed by atoms with van der Waals surface area (Å²) in [7, 11) is 0. The van der Waals surface area contributed by atoms with Crippen molar-refractivity contribution >= 4 is 0 Å². The molecule has 1 aliphatic heterocycles. The maximum Gasteiger partial charge on any atom is 0.231 e. The van der Waals surface area contributed by atoms with Crippen molar-refractivity contribution in [2.45, 2.75) is 6.92 Å². The summed E-state index contributed by atoms with van der Waals surface area (Å²) >= 11 is 0. The van der Waals surface area contributed by atoms with Gasteiger partial charge in [-0.2, -0.15) is 5.10 Å². The van der Waals surface area contributed by atoms with Crippen LogP contribution in [0.2, 0.25) is 0 Å². The van der Waals surface area contributed by atoms with Crippen LogP contribution in [-0.4, -0.2) is 28.2 Å². The second-order valence-electron chi connectivity index (χ2n) is 4.99. The Morgan fingerprint density at radius 3 is 2.91 bits per heavy atom. The molecule has 0 saturated carbocycles. The molecule has 0 unspecified atom stereocenters. The van der Waals surface area contributed by atoms with E-state index in [1.165, 1.54) is 0 Å². The highest BCUT2D eigenvalue weighted by Gasteiger charge is 2.17. The first-order valence-corrected chi connectivity index (χ1v) is 7.38. The van der Waals surface area contributed by atoms with Gasteiger partial charge in [-0.25, -0.2) is 4.68 Å². The summed E-state index contributed by atoms with van der Waals surface area (Å²) < 4.78 is 18.3. The van der Waals surface area contributed by atoms with Crippen LogP contribution < -0.4 is 14.2 Å². The Hall–Kier alpha value is -3.02. The van der Waals surface area contributed by atoms with E-state index in [0.717, 1.165) is 22.7 Å². The summed E-state index contributed by atoms with van der Waals surface area (Å²) in [5.41, 5.74) is 2.60. The quantitative estimate of drug-likeness (QED) is 0.741. The number of hydrogen-bond donors (Lipinski definition) is 0. The number of nitrogens with zero attached hydrogens (tertiary/aromatic N) is 3. The van der Waals surface area contributed by atoms with Crippen molar-refractivity contribution in [1.29, 1.82) is 0 Å². The van der Waals surface area contributed by atoms with Gasteiger partial charge in [-0.1, -0.05) is 0 Å². The third-order valence-electron chi connectivity index (χ3n) is 3.53. The second-order valence-corrected chi connectivity index (χ2v) is 4.99. The largest absolute Gasteiger partial charge is 0.478 e. The van der Waals surface area contributed by atoms with Crippen LogP contribution in [0.15, 0.2) is 48.8 Å². The van der Waals surface area contributed by atoms with Crippen molar-refractivity contribution in [2.75, 3.05) is 13.4 Å². The summed E-state index contributed by atoms with van der Waals surface area (Å²) in [4.78, 5) is 4.14. The molecular formula is C17H15N3O3. The topological polar surface area (TPSA) is 58.4 Å². The van der Waals surface area contributed by atoms with E-state index in [0.29, 0.717) is 18.2 Å². The van der Waals surface area contributed by atoms with Crippen LogP contribution >= 0.6 is 0 Å². The molecule has 4 rings (SSSR count). The summed E-state index contributed by atoms with van der Waals surface area (Å²) in [6, 6.07) is 11.5. The third-order valence-corrected chi connectivity index (χ3v) is 3.53. The number of pyridine rings is 1. The van der Waals surface area contributed by atoms with Gasteiger partial charge in [0, 0.05) is 30.1 Å². The number of fused-ring (bicyclic) bond motifs is 1. The van der Waals surface area contributed by atoms with Gasteiger partial charge >= 0.3 is 0 Å². The fourth-order valence-electron chi connectivity index (χ4n) is 2.47. The predicted octanol–water partition coefficient (Wildman–Crippen LogP) is 3.06. The smallest absolute Gasteiger partial charge is 0.231 e. The van der Waals surface area contributed by atoms with Crippen LogP contribution in [-0.2, 0) is 0 Å². The van der Waals surface area contributed by atoms with E-state index < -0.39 is 0 Å². The molecule has 23 heavy (non-hydrogen) atoms. The molecule has 0 radical (unpaired) electrons. The molecule has 0 fully saturated rings. The number of rotatable bonds is 4. The maximum absolute atomic E-state index is 5.72. The first-order chi connectivity index (χ1) is 11.3. The van der Waals surface area contributed by atoms with Crippen LogP contribution in [0.1, 0.15) is 6.92 Å². The van der Waals surface area contributed by atoms with Crippen LogP contribution in [0.5, 0.6) is 17.4 Å². The van der Waals surface area contributed by atoms with Crippen molar-refractivity contribution in [1.82, 2.24) is 14.8 Å². The summed E-state index contributed by atoms with van der Waals surface area (Å²) in [5.74, 6) is 2.12. The fourth-order valence-corrected chi connectivity index (χ4v) is 2.47. The lowest BCUT2D eigenvalue weighted by Gasteiger charge is -2.08. The van der Waals surface area contributed by atoms with Gasteiger partial charge in [0.25, 0.3) is 0 Å². The van der Waals surface area contributed by atoms with Gasteiger partial charge in [-0.05, 0) is 31.2 Å².